The number of tetrazole rings is 1. The molecule has 1 aliphatic heterocycles. The van der Waals surface area contributed by atoms with Gasteiger partial charge in [0.05, 0.1) is 31.6 Å². The average molecular weight is 420 g/mol. The molecule has 0 aliphatic carbocycles. The Kier molecular flexibility index (Phi) is 5.44. The number of morpholine rings is 1. The number of benzene rings is 1. The van der Waals surface area contributed by atoms with Crippen molar-refractivity contribution < 1.29 is 9.47 Å². The first-order valence-electron chi connectivity index (χ1n) is 10.5. The minimum absolute atomic E-state index is 0.539. The average Bonchev–Trinajstić information content (AvgIpc) is 3.49. The van der Waals surface area contributed by atoms with Gasteiger partial charge in [0.1, 0.15) is 11.6 Å². The van der Waals surface area contributed by atoms with Gasteiger partial charge in [-0.15, -0.1) is 5.10 Å². The molecule has 3 aromatic heterocycles. The molecule has 0 atom stereocenters. The summed E-state index contributed by atoms with van der Waals surface area (Å²) in [4.78, 5) is 6.99. The molecule has 0 amide bonds. The number of nitrogens with zero attached hydrogens (tertiary/aromatic N) is 7. The number of aromatic amines is 1. The Labute approximate surface area is 179 Å². The molecule has 1 aromatic carbocycles. The number of unbranched alkanes of at least 4 members (excludes halogenated alkanes) is 1. The van der Waals surface area contributed by atoms with E-state index in [1.54, 1.807) is 6.20 Å². The van der Waals surface area contributed by atoms with Gasteiger partial charge >= 0.3 is 0 Å². The maximum Gasteiger partial charge on any atom is 0.184 e. The van der Waals surface area contributed by atoms with Gasteiger partial charge in [0.25, 0.3) is 0 Å². The SMILES string of the molecule is CCCCOc1ccc(-c2cnc3c(-c4nnn[nH]4)cnn3c2N2CCOCC2)cc1. The molecule has 1 N–H and O–H groups in total. The molecule has 0 bridgehead atoms. The predicted molar refractivity (Wildman–Crippen MR) is 115 cm³/mol. The quantitative estimate of drug-likeness (QED) is 0.455. The van der Waals surface area contributed by atoms with E-state index in [4.69, 9.17) is 14.5 Å². The molecule has 0 radical (unpaired) electrons. The second-order valence-corrected chi connectivity index (χ2v) is 7.36. The lowest BCUT2D eigenvalue weighted by molar-refractivity contribution is 0.122. The van der Waals surface area contributed by atoms with Crippen molar-refractivity contribution in [2.75, 3.05) is 37.8 Å². The van der Waals surface area contributed by atoms with E-state index in [-0.39, 0.29) is 0 Å². The molecule has 4 heterocycles. The fourth-order valence-corrected chi connectivity index (χ4v) is 3.71. The molecule has 1 aliphatic rings. The number of anilines is 1. The predicted octanol–water partition coefficient (Wildman–Crippen LogP) is 2.59. The molecule has 10 nitrogen and oxygen atoms in total. The van der Waals surface area contributed by atoms with Crippen LogP contribution in [-0.4, -0.2) is 68.1 Å². The Morgan fingerprint density at radius 3 is 2.68 bits per heavy atom. The molecule has 1 saturated heterocycles. The monoisotopic (exact) mass is 420 g/mol. The standard InChI is InChI=1S/C21H24N8O2/c1-2-3-10-31-16-6-4-15(5-7-16)17-13-22-20-18(19-24-26-27-25-19)14-23-29(20)21(17)28-8-11-30-12-9-28/h4-7,13-14H,2-3,8-12H2,1H3,(H,24,25,26,27). The second kappa shape index (κ2) is 8.68. The highest BCUT2D eigenvalue weighted by Gasteiger charge is 2.23. The van der Waals surface area contributed by atoms with Crippen LogP contribution in [-0.2, 0) is 4.74 Å². The van der Waals surface area contributed by atoms with Crippen LogP contribution in [0.4, 0.5) is 5.82 Å². The maximum absolute atomic E-state index is 5.82. The topological polar surface area (TPSA) is 106 Å². The zero-order valence-corrected chi connectivity index (χ0v) is 17.4. The Bertz CT molecular complexity index is 1130. The summed E-state index contributed by atoms with van der Waals surface area (Å²) in [7, 11) is 0. The smallest absolute Gasteiger partial charge is 0.184 e. The molecule has 4 aromatic rings. The minimum Gasteiger partial charge on any atom is -0.494 e. The van der Waals surface area contributed by atoms with E-state index in [1.807, 2.05) is 22.8 Å². The van der Waals surface area contributed by atoms with E-state index in [9.17, 15) is 0 Å². The molecule has 160 valence electrons. The molecule has 0 saturated carbocycles. The largest absolute Gasteiger partial charge is 0.494 e. The first kappa shape index (κ1) is 19.4. The van der Waals surface area contributed by atoms with Gasteiger partial charge in [-0.3, -0.25) is 0 Å². The van der Waals surface area contributed by atoms with Gasteiger partial charge in [-0.05, 0) is 34.5 Å². The fourth-order valence-electron chi connectivity index (χ4n) is 3.71. The van der Waals surface area contributed by atoms with Crippen molar-refractivity contribution >= 4 is 11.5 Å². The molecule has 10 heteroatoms. The summed E-state index contributed by atoms with van der Waals surface area (Å²) in [5.41, 5.74) is 3.51. The maximum atomic E-state index is 5.82. The highest BCUT2D eigenvalue weighted by atomic mass is 16.5. The van der Waals surface area contributed by atoms with Crippen LogP contribution in [0.1, 0.15) is 19.8 Å². The summed E-state index contributed by atoms with van der Waals surface area (Å²) in [6, 6.07) is 8.15. The van der Waals surface area contributed by atoms with Crippen molar-refractivity contribution in [3.63, 3.8) is 0 Å². The first-order valence-corrected chi connectivity index (χ1v) is 10.5. The van der Waals surface area contributed by atoms with Crippen LogP contribution >= 0.6 is 0 Å². The highest BCUT2D eigenvalue weighted by Crippen LogP contribution is 2.34. The molecule has 0 spiro atoms. The number of aromatic nitrogens is 7. The molecule has 0 unspecified atom stereocenters. The molecule has 31 heavy (non-hydrogen) atoms. The molecular formula is C21H24N8O2. The van der Waals surface area contributed by atoms with Crippen LogP contribution in [0.25, 0.3) is 28.2 Å². The van der Waals surface area contributed by atoms with Crippen molar-refractivity contribution in [1.82, 2.24) is 35.2 Å². The number of hydrogen-bond donors (Lipinski definition) is 1. The van der Waals surface area contributed by atoms with Crippen molar-refractivity contribution in [3.05, 3.63) is 36.7 Å². The number of nitrogens with one attached hydrogen (secondary N) is 1. The van der Waals surface area contributed by atoms with Crippen LogP contribution in [0.15, 0.2) is 36.7 Å². The number of ether oxygens (including phenoxy) is 2. The Balaban J connectivity index is 1.57. The number of rotatable bonds is 7. The second-order valence-electron chi connectivity index (χ2n) is 7.36. The van der Waals surface area contributed by atoms with E-state index < -0.39 is 0 Å². The van der Waals surface area contributed by atoms with E-state index in [0.717, 1.165) is 60.8 Å². The lowest BCUT2D eigenvalue weighted by Crippen LogP contribution is -2.37. The lowest BCUT2D eigenvalue weighted by atomic mass is 10.1. The summed E-state index contributed by atoms with van der Waals surface area (Å²) in [6.07, 6.45) is 5.79. The normalized spacial score (nSPS) is 14.3. The summed E-state index contributed by atoms with van der Waals surface area (Å²) >= 11 is 0. The third-order valence-corrected chi connectivity index (χ3v) is 5.34. The zero-order valence-electron chi connectivity index (χ0n) is 17.4. The van der Waals surface area contributed by atoms with Crippen molar-refractivity contribution in [1.29, 1.82) is 0 Å². The van der Waals surface area contributed by atoms with Gasteiger partial charge in [0, 0.05) is 24.8 Å². The fraction of sp³-hybridized carbons (Fsp3) is 0.381. The third kappa shape index (κ3) is 3.81. The molecule has 1 fully saturated rings. The van der Waals surface area contributed by atoms with Crippen molar-refractivity contribution in [2.45, 2.75) is 19.8 Å². The van der Waals surface area contributed by atoms with Gasteiger partial charge in [-0.1, -0.05) is 25.5 Å². The number of H-pyrrole nitrogens is 1. The Morgan fingerprint density at radius 1 is 1.10 bits per heavy atom. The van der Waals surface area contributed by atoms with E-state index in [2.05, 4.69) is 49.7 Å². The molecular weight excluding hydrogens is 396 g/mol. The summed E-state index contributed by atoms with van der Waals surface area (Å²) in [6.45, 7) is 5.80. The van der Waals surface area contributed by atoms with Crippen LogP contribution in [0.3, 0.4) is 0 Å². The van der Waals surface area contributed by atoms with Gasteiger partial charge in [-0.25, -0.2) is 10.1 Å². The van der Waals surface area contributed by atoms with Gasteiger partial charge in [0.15, 0.2) is 11.5 Å². The lowest BCUT2D eigenvalue weighted by Gasteiger charge is -2.30. The highest BCUT2D eigenvalue weighted by molar-refractivity contribution is 5.81. The van der Waals surface area contributed by atoms with Gasteiger partial charge < -0.3 is 14.4 Å². The minimum atomic E-state index is 0.539. The van der Waals surface area contributed by atoms with Crippen LogP contribution in [0.5, 0.6) is 5.75 Å². The Morgan fingerprint density at radius 2 is 1.94 bits per heavy atom. The summed E-state index contributed by atoms with van der Waals surface area (Å²) < 4.78 is 13.3. The van der Waals surface area contributed by atoms with Crippen LogP contribution in [0.2, 0.25) is 0 Å². The summed E-state index contributed by atoms with van der Waals surface area (Å²) in [5.74, 6) is 2.39. The first-order chi connectivity index (χ1) is 15.3. The van der Waals surface area contributed by atoms with E-state index in [0.29, 0.717) is 24.7 Å². The number of fused-ring (bicyclic) bond motifs is 1. The van der Waals surface area contributed by atoms with E-state index >= 15 is 0 Å². The zero-order chi connectivity index (χ0) is 21.0. The van der Waals surface area contributed by atoms with Gasteiger partial charge in [0.2, 0.25) is 0 Å². The van der Waals surface area contributed by atoms with Crippen LogP contribution in [0, 0.1) is 0 Å². The number of hydrogen-bond acceptors (Lipinski definition) is 8. The van der Waals surface area contributed by atoms with Crippen LogP contribution < -0.4 is 9.64 Å². The van der Waals surface area contributed by atoms with E-state index in [1.165, 1.54) is 0 Å². The van der Waals surface area contributed by atoms with Gasteiger partial charge in [-0.2, -0.15) is 9.61 Å². The molecule has 5 rings (SSSR count). The third-order valence-electron chi connectivity index (χ3n) is 5.34. The van der Waals surface area contributed by atoms with Crippen molar-refractivity contribution in [3.8, 4) is 28.3 Å². The summed E-state index contributed by atoms with van der Waals surface area (Å²) in [5, 5.41) is 18.8. The van der Waals surface area contributed by atoms with Crippen molar-refractivity contribution in [2.24, 2.45) is 0 Å². The Hall–Kier alpha value is -3.53.